The number of nitrogens with one attached hydrogen (secondary N) is 1. The zero-order valence-electron chi connectivity index (χ0n) is 15.2. The van der Waals surface area contributed by atoms with Gasteiger partial charge in [-0.3, -0.25) is 4.79 Å². The Balaban J connectivity index is 1.73. The van der Waals surface area contributed by atoms with Crippen molar-refractivity contribution in [3.8, 4) is 17.6 Å². The van der Waals surface area contributed by atoms with Crippen molar-refractivity contribution < 1.29 is 19.0 Å². The molecule has 9 heteroatoms. The second kappa shape index (κ2) is 6.99. The number of pyridine rings is 1. The molecule has 3 heterocycles. The van der Waals surface area contributed by atoms with Crippen LogP contribution in [0.25, 0.3) is 10.2 Å². The van der Waals surface area contributed by atoms with E-state index in [1.54, 1.807) is 13.2 Å². The first kappa shape index (κ1) is 18.0. The predicted molar refractivity (Wildman–Crippen MR) is 105 cm³/mol. The molecule has 1 aliphatic heterocycles. The molecule has 1 aromatic carbocycles. The molecule has 0 aliphatic carbocycles. The van der Waals surface area contributed by atoms with Gasteiger partial charge in [0.25, 0.3) is 5.91 Å². The number of hydrogen-bond donors (Lipinski definition) is 2. The summed E-state index contributed by atoms with van der Waals surface area (Å²) >= 11 is 1.20. The number of nitrogens with zero attached hydrogens (tertiary/aromatic N) is 2. The number of benzene rings is 1. The number of anilines is 2. The number of ether oxygens (including phenoxy) is 3. The van der Waals surface area contributed by atoms with Gasteiger partial charge in [-0.15, -0.1) is 11.3 Å². The molecule has 4 rings (SSSR count). The molecule has 3 aromatic rings. The van der Waals surface area contributed by atoms with Crippen LogP contribution in [0, 0.1) is 18.3 Å². The van der Waals surface area contributed by atoms with Crippen molar-refractivity contribution in [1.29, 1.82) is 5.26 Å². The van der Waals surface area contributed by atoms with Crippen molar-refractivity contribution >= 4 is 38.8 Å². The predicted octanol–water partition coefficient (Wildman–Crippen LogP) is 3.19. The molecule has 0 saturated carbocycles. The third-order valence-electron chi connectivity index (χ3n) is 4.30. The van der Waals surface area contributed by atoms with Crippen LogP contribution < -0.4 is 20.5 Å². The number of hydrogen-bond acceptors (Lipinski definition) is 8. The van der Waals surface area contributed by atoms with Crippen LogP contribution >= 0.6 is 11.3 Å². The summed E-state index contributed by atoms with van der Waals surface area (Å²) in [7, 11) is 1.60. The van der Waals surface area contributed by atoms with Crippen LogP contribution in [0.5, 0.6) is 11.5 Å². The molecule has 0 saturated heterocycles. The quantitative estimate of drug-likeness (QED) is 0.695. The Kier molecular flexibility index (Phi) is 4.50. The number of amides is 1. The standard InChI is InChI=1S/C19H16N4O4S/c1-9-3-11(7-25-2)15-16(21)17(28-19(15)22-9)18(24)23-12-5-14-13(26-8-27-14)4-10(12)6-20/h3-5H,7-8,21H2,1-2H3,(H,23,24). The first-order valence-electron chi connectivity index (χ1n) is 8.34. The number of carbonyl (C=O) groups excluding carboxylic acids is 1. The highest BCUT2D eigenvalue weighted by molar-refractivity contribution is 7.21. The van der Waals surface area contributed by atoms with Gasteiger partial charge in [0, 0.05) is 30.3 Å². The highest BCUT2D eigenvalue weighted by Gasteiger charge is 2.23. The number of nitrogen functional groups attached to an aromatic ring is 1. The summed E-state index contributed by atoms with van der Waals surface area (Å²) in [4.78, 5) is 18.4. The van der Waals surface area contributed by atoms with Crippen molar-refractivity contribution in [2.75, 3.05) is 25.0 Å². The Morgan fingerprint density at radius 2 is 2.14 bits per heavy atom. The lowest BCUT2D eigenvalue weighted by atomic mass is 10.1. The fourth-order valence-corrected chi connectivity index (χ4v) is 4.17. The van der Waals surface area contributed by atoms with Crippen molar-refractivity contribution in [1.82, 2.24) is 4.98 Å². The van der Waals surface area contributed by atoms with E-state index in [0.29, 0.717) is 44.6 Å². The van der Waals surface area contributed by atoms with Crippen LogP contribution in [0.15, 0.2) is 18.2 Å². The molecular formula is C19H16N4O4S. The summed E-state index contributed by atoms with van der Waals surface area (Å²) in [6, 6.07) is 7.05. The monoisotopic (exact) mass is 396 g/mol. The smallest absolute Gasteiger partial charge is 0.267 e. The van der Waals surface area contributed by atoms with Crippen molar-refractivity contribution in [2.24, 2.45) is 0 Å². The molecule has 28 heavy (non-hydrogen) atoms. The van der Waals surface area contributed by atoms with Crippen molar-refractivity contribution in [3.63, 3.8) is 0 Å². The minimum Gasteiger partial charge on any atom is -0.454 e. The maximum atomic E-state index is 12.9. The molecular weight excluding hydrogens is 380 g/mol. The molecule has 0 bridgehead atoms. The molecule has 0 atom stereocenters. The van der Waals surface area contributed by atoms with Crippen molar-refractivity contribution in [3.05, 3.63) is 39.9 Å². The maximum absolute atomic E-state index is 12.9. The van der Waals surface area contributed by atoms with E-state index in [0.717, 1.165) is 11.3 Å². The number of thiophene rings is 1. The molecule has 1 aliphatic rings. The van der Waals surface area contributed by atoms with E-state index in [4.69, 9.17) is 19.9 Å². The Morgan fingerprint density at radius 3 is 2.86 bits per heavy atom. The number of fused-ring (bicyclic) bond motifs is 2. The average molecular weight is 396 g/mol. The van der Waals surface area contributed by atoms with E-state index >= 15 is 0 Å². The van der Waals surface area contributed by atoms with Gasteiger partial charge in [0.05, 0.1) is 23.5 Å². The zero-order valence-corrected chi connectivity index (χ0v) is 16.0. The fraction of sp³-hybridized carbons (Fsp3) is 0.211. The van der Waals surface area contributed by atoms with Crippen LogP contribution in [-0.2, 0) is 11.3 Å². The minimum absolute atomic E-state index is 0.0775. The number of carbonyl (C=O) groups is 1. The van der Waals surface area contributed by atoms with E-state index in [2.05, 4.69) is 10.3 Å². The third-order valence-corrected chi connectivity index (χ3v) is 5.39. The number of rotatable bonds is 4. The molecule has 0 unspecified atom stereocenters. The number of nitriles is 1. The summed E-state index contributed by atoms with van der Waals surface area (Å²) in [5.74, 6) is 0.523. The number of aryl methyl sites for hydroxylation is 1. The topological polar surface area (TPSA) is 119 Å². The Labute approximate surface area is 164 Å². The first-order valence-corrected chi connectivity index (χ1v) is 9.16. The van der Waals surface area contributed by atoms with E-state index in [1.165, 1.54) is 17.4 Å². The van der Waals surface area contributed by atoms with Crippen LogP contribution in [0.3, 0.4) is 0 Å². The fourth-order valence-electron chi connectivity index (χ4n) is 3.09. The van der Waals surface area contributed by atoms with Gasteiger partial charge >= 0.3 is 0 Å². The van der Waals surface area contributed by atoms with Gasteiger partial charge in [-0.25, -0.2) is 4.98 Å². The number of methoxy groups -OCH3 is 1. The van der Waals surface area contributed by atoms with Crippen molar-refractivity contribution in [2.45, 2.75) is 13.5 Å². The van der Waals surface area contributed by atoms with E-state index < -0.39 is 5.91 Å². The first-order chi connectivity index (χ1) is 13.5. The van der Waals surface area contributed by atoms with Crippen LogP contribution in [-0.4, -0.2) is 24.8 Å². The van der Waals surface area contributed by atoms with E-state index in [1.807, 2.05) is 19.1 Å². The third kappa shape index (κ3) is 2.98. The maximum Gasteiger partial charge on any atom is 0.267 e. The largest absolute Gasteiger partial charge is 0.454 e. The second-order valence-electron chi connectivity index (χ2n) is 6.20. The summed E-state index contributed by atoms with van der Waals surface area (Å²) in [5, 5.41) is 12.9. The molecule has 8 nitrogen and oxygen atoms in total. The molecule has 1 amide bonds. The Morgan fingerprint density at radius 1 is 1.39 bits per heavy atom. The van der Waals surface area contributed by atoms with Crippen LogP contribution in [0.1, 0.15) is 26.5 Å². The summed E-state index contributed by atoms with van der Waals surface area (Å²) < 4.78 is 15.8. The van der Waals surface area contributed by atoms with Gasteiger partial charge in [-0.2, -0.15) is 5.26 Å². The van der Waals surface area contributed by atoms with E-state index in [9.17, 15) is 10.1 Å². The molecule has 0 spiro atoms. The number of nitrogens with two attached hydrogens (primary N) is 1. The molecule has 0 radical (unpaired) electrons. The zero-order chi connectivity index (χ0) is 19.8. The summed E-state index contributed by atoms with van der Waals surface area (Å²) in [6.07, 6.45) is 0. The minimum atomic E-state index is -0.420. The highest BCUT2D eigenvalue weighted by Crippen LogP contribution is 2.39. The summed E-state index contributed by atoms with van der Waals surface area (Å²) in [6.45, 7) is 2.32. The van der Waals surface area contributed by atoms with Crippen LogP contribution in [0.4, 0.5) is 11.4 Å². The summed E-state index contributed by atoms with van der Waals surface area (Å²) in [5.41, 5.74) is 8.91. The Hall–Kier alpha value is -3.35. The Bertz CT molecular complexity index is 1150. The van der Waals surface area contributed by atoms with Crippen LogP contribution in [0.2, 0.25) is 0 Å². The van der Waals surface area contributed by atoms with Gasteiger partial charge in [0.1, 0.15) is 15.8 Å². The molecule has 3 N–H and O–H groups in total. The number of aromatic nitrogens is 1. The van der Waals surface area contributed by atoms with E-state index in [-0.39, 0.29) is 12.4 Å². The molecule has 2 aromatic heterocycles. The average Bonchev–Trinajstić information content (AvgIpc) is 3.25. The second-order valence-corrected chi connectivity index (χ2v) is 7.20. The van der Waals surface area contributed by atoms with Gasteiger partial charge in [0.2, 0.25) is 6.79 Å². The molecule has 142 valence electrons. The lowest BCUT2D eigenvalue weighted by Gasteiger charge is -2.08. The van der Waals surface area contributed by atoms with Gasteiger partial charge in [-0.05, 0) is 18.6 Å². The molecule has 0 fully saturated rings. The SMILES string of the molecule is COCc1cc(C)nc2sc(C(=O)Nc3cc4c(cc3C#N)OCO4)c(N)c12. The normalized spacial score (nSPS) is 12.2. The van der Waals surface area contributed by atoms with Gasteiger partial charge in [0.15, 0.2) is 11.5 Å². The van der Waals surface area contributed by atoms with Gasteiger partial charge < -0.3 is 25.3 Å². The lowest BCUT2D eigenvalue weighted by Crippen LogP contribution is -2.13. The lowest BCUT2D eigenvalue weighted by molar-refractivity contribution is 0.103. The van der Waals surface area contributed by atoms with Gasteiger partial charge in [-0.1, -0.05) is 0 Å². The highest BCUT2D eigenvalue weighted by atomic mass is 32.1.